The summed E-state index contributed by atoms with van der Waals surface area (Å²) in [4.78, 5) is 15.7. The molecule has 4 aromatic rings. The van der Waals surface area contributed by atoms with Crippen molar-refractivity contribution >= 4 is 23.4 Å². The highest BCUT2D eigenvalue weighted by atomic mass is 32.2. The molecule has 0 saturated carbocycles. The summed E-state index contributed by atoms with van der Waals surface area (Å²) < 4.78 is 20.4. The van der Waals surface area contributed by atoms with Crippen LogP contribution >= 0.6 is 11.8 Å². The number of benzene rings is 2. The third-order valence-electron chi connectivity index (χ3n) is 3.82. The standard InChI is InChI=1S/C19H15FN6O2S/c1-12(27)21-15-6-3-7-17(9-15)26-19(23-24-25-26)29-11-16-10-28-18(22-16)13-4-2-5-14(20)8-13/h2-10H,11H2,1H3,(H,21,27). The maximum absolute atomic E-state index is 13.4. The number of halogens is 1. The van der Waals surface area contributed by atoms with Gasteiger partial charge in [0, 0.05) is 23.9 Å². The summed E-state index contributed by atoms with van der Waals surface area (Å²) in [5.41, 5.74) is 2.61. The van der Waals surface area contributed by atoms with Crippen LogP contribution in [0.5, 0.6) is 0 Å². The number of nitrogens with zero attached hydrogens (tertiary/aromatic N) is 5. The van der Waals surface area contributed by atoms with E-state index in [1.54, 1.807) is 35.0 Å². The molecule has 0 aliphatic rings. The van der Waals surface area contributed by atoms with Crippen molar-refractivity contribution in [2.24, 2.45) is 0 Å². The number of carbonyl (C=O) groups is 1. The fraction of sp³-hybridized carbons (Fsp3) is 0.105. The highest BCUT2D eigenvalue weighted by Gasteiger charge is 2.13. The van der Waals surface area contributed by atoms with E-state index in [4.69, 9.17) is 4.42 Å². The van der Waals surface area contributed by atoms with Crippen molar-refractivity contribution < 1.29 is 13.6 Å². The van der Waals surface area contributed by atoms with Crippen LogP contribution in [0.25, 0.3) is 17.1 Å². The molecule has 10 heteroatoms. The lowest BCUT2D eigenvalue weighted by molar-refractivity contribution is -0.114. The summed E-state index contributed by atoms with van der Waals surface area (Å²) in [5.74, 6) is 0.304. The van der Waals surface area contributed by atoms with E-state index in [9.17, 15) is 9.18 Å². The SMILES string of the molecule is CC(=O)Nc1cccc(-n2nnnc2SCc2coc(-c3cccc(F)c3)n2)c1. The van der Waals surface area contributed by atoms with Crippen molar-refractivity contribution in [2.75, 3.05) is 5.32 Å². The average molecular weight is 410 g/mol. The van der Waals surface area contributed by atoms with Crippen molar-refractivity contribution in [3.8, 4) is 17.1 Å². The molecule has 0 spiro atoms. The van der Waals surface area contributed by atoms with E-state index in [2.05, 4.69) is 25.8 Å². The summed E-state index contributed by atoms with van der Waals surface area (Å²) in [6.07, 6.45) is 1.53. The second-order valence-corrected chi connectivity index (χ2v) is 6.99. The topological polar surface area (TPSA) is 98.7 Å². The van der Waals surface area contributed by atoms with Crippen molar-refractivity contribution in [3.63, 3.8) is 0 Å². The second kappa shape index (κ2) is 8.23. The van der Waals surface area contributed by atoms with Crippen LogP contribution < -0.4 is 5.32 Å². The molecule has 146 valence electrons. The van der Waals surface area contributed by atoms with Crippen LogP contribution in [-0.4, -0.2) is 31.1 Å². The van der Waals surface area contributed by atoms with Crippen molar-refractivity contribution in [1.82, 2.24) is 25.2 Å². The van der Waals surface area contributed by atoms with Gasteiger partial charge in [-0.15, -0.1) is 5.10 Å². The quantitative estimate of drug-likeness (QED) is 0.484. The predicted octanol–water partition coefficient (Wildman–Crippen LogP) is 3.71. The fourth-order valence-electron chi connectivity index (χ4n) is 2.62. The Hall–Kier alpha value is -3.53. The molecule has 4 rings (SSSR count). The number of amides is 1. The Labute approximate surface area is 169 Å². The summed E-state index contributed by atoms with van der Waals surface area (Å²) in [6, 6.07) is 13.3. The number of tetrazole rings is 1. The molecule has 0 bridgehead atoms. The number of nitrogens with one attached hydrogen (secondary N) is 1. The smallest absolute Gasteiger partial charge is 0.226 e. The zero-order valence-corrected chi connectivity index (χ0v) is 16.1. The van der Waals surface area contributed by atoms with E-state index in [-0.39, 0.29) is 11.7 Å². The lowest BCUT2D eigenvalue weighted by Gasteiger charge is -2.06. The van der Waals surface area contributed by atoms with Crippen LogP contribution in [0, 0.1) is 5.82 Å². The highest BCUT2D eigenvalue weighted by Crippen LogP contribution is 2.25. The van der Waals surface area contributed by atoms with Crippen LogP contribution in [0.3, 0.4) is 0 Å². The maximum Gasteiger partial charge on any atom is 0.226 e. The molecule has 1 amide bonds. The molecule has 2 heterocycles. The third-order valence-corrected chi connectivity index (χ3v) is 4.78. The molecule has 0 aliphatic carbocycles. The summed E-state index contributed by atoms with van der Waals surface area (Å²) in [7, 11) is 0. The molecule has 1 N–H and O–H groups in total. The van der Waals surface area contributed by atoms with Gasteiger partial charge in [0.15, 0.2) is 0 Å². The minimum absolute atomic E-state index is 0.159. The molecular formula is C19H15FN6O2S. The first-order valence-corrected chi connectivity index (χ1v) is 9.56. The molecule has 0 saturated heterocycles. The van der Waals surface area contributed by atoms with Crippen LogP contribution in [0.1, 0.15) is 12.6 Å². The van der Waals surface area contributed by atoms with Gasteiger partial charge in [0.25, 0.3) is 0 Å². The van der Waals surface area contributed by atoms with Gasteiger partial charge in [0.05, 0.1) is 11.4 Å². The predicted molar refractivity (Wildman–Crippen MR) is 105 cm³/mol. The van der Waals surface area contributed by atoms with Gasteiger partial charge < -0.3 is 9.73 Å². The molecule has 0 aliphatic heterocycles. The van der Waals surface area contributed by atoms with E-state index >= 15 is 0 Å². The first-order chi connectivity index (χ1) is 14.1. The molecule has 0 fully saturated rings. The maximum atomic E-state index is 13.4. The van der Waals surface area contributed by atoms with Crippen molar-refractivity contribution in [2.45, 2.75) is 17.8 Å². The second-order valence-electron chi connectivity index (χ2n) is 6.05. The van der Waals surface area contributed by atoms with Crippen LogP contribution in [0.15, 0.2) is 64.4 Å². The Morgan fingerprint density at radius 3 is 2.93 bits per heavy atom. The summed E-state index contributed by atoms with van der Waals surface area (Å²) in [6.45, 7) is 1.45. The van der Waals surface area contributed by atoms with E-state index in [0.29, 0.717) is 39.4 Å². The molecule has 29 heavy (non-hydrogen) atoms. The van der Waals surface area contributed by atoms with Gasteiger partial charge >= 0.3 is 0 Å². The van der Waals surface area contributed by atoms with E-state index in [0.717, 1.165) is 0 Å². The normalized spacial score (nSPS) is 10.8. The van der Waals surface area contributed by atoms with Gasteiger partial charge in [0.1, 0.15) is 12.1 Å². The highest BCUT2D eigenvalue weighted by molar-refractivity contribution is 7.98. The molecule has 2 aromatic heterocycles. The lowest BCUT2D eigenvalue weighted by Crippen LogP contribution is -2.07. The van der Waals surface area contributed by atoms with E-state index < -0.39 is 0 Å². The number of rotatable bonds is 6. The molecule has 0 atom stereocenters. The Morgan fingerprint density at radius 1 is 1.24 bits per heavy atom. The fourth-order valence-corrected chi connectivity index (χ4v) is 3.38. The summed E-state index contributed by atoms with van der Waals surface area (Å²) >= 11 is 1.38. The molecule has 2 aromatic carbocycles. The van der Waals surface area contributed by atoms with Gasteiger partial charge in [-0.25, -0.2) is 9.37 Å². The zero-order valence-electron chi connectivity index (χ0n) is 15.2. The Balaban J connectivity index is 1.49. The molecular weight excluding hydrogens is 395 g/mol. The van der Waals surface area contributed by atoms with Gasteiger partial charge in [-0.05, 0) is 46.8 Å². The van der Waals surface area contributed by atoms with Crippen LogP contribution in [-0.2, 0) is 10.5 Å². The first-order valence-electron chi connectivity index (χ1n) is 8.58. The van der Waals surface area contributed by atoms with Crippen molar-refractivity contribution in [1.29, 1.82) is 0 Å². The first kappa shape index (κ1) is 18.8. The number of carbonyl (C=O) groups excluding carboxylic acids is 1. The summed E-state index contributed by atoms with van der Waals surface area (Å²) in [5, 5.41) is 15.1. The minimum Gasteiger partial charge on any atom is -0.444 e. The van der Waals surface area contributed by atoms with Crippen molar-refractivity contribution in [3.05, 3.63) is 66.3 Å². The molecule has 0 unspecified atom stereocenters. The number of thioether (sulfide) groups is 1. The molecule has 0 radical (unpaired) electrons. The number of anilines is 1. The molecule has 8 nitrogen and oxygen atoms in total. The number of hydrogen-bond acceptors (Lipinski definition) is 7. The number of hydrogen-bond donors (Lipinski definition) is 1. The lowest BCUT2D eigenvalue weighted by atomic mass is 10.2. The van der Waals surface area contributed by atoms with E-state index in [1.807, 2.05) is 6.07 Å². The Kier molecular flexibility index (Phi) is 5.34. The minimum atomic E-state index is -0.350. The third kappa shape index (κ3) is 4.49. The van der Waals surface area contributed by atoms with Crippen LogP contribution in [0.2, 0.25) is 0 Å². The van der Waals surface area contributed by atoms with Gasteiger partial charge in [-0.1, -0.05) is 23.9 Å². The van der Waals surface area contributed by atoms with Crippen LogP contribution in [0.4, 0.5) is 10.1 Å². The Morgan fingerprint density at radius 2 is 2.10 bits per heavy atom. The number of aromatic nitrogens is 5. The van der Waals surface area contributed by atoms with Gasteiger partial charge in [-0.2, -0.15) is 4.68 Å². The average Bonchev–Trinajstić information content (AvgIpc) is 3.35. The largest absolute Gasteiger partial charge is 0.444 e. The monoisotopic (exact) mass is 410 g/mol. The Bertz CT molecular complexity index is 1160. The van der Waals surface area contributed by atoms with Gasteiger partial charge in [-0.3, -0.25) is 4.79 Å². The van der Waals surface area contributed by atoms with Gasteiger partial charge in [0.2, 0.25) is 17.0 Å². The zero-order chi connectivity index (χ0) is 20.2. The number of oxazole rings is 1. The van der Waals surface area contributed by atoms with E-state index in [1.165, 1.54) is 37.1 Å².